The number of benzene rings is 1. The Labute approximate surface area is 172 Å². The number of aryl methyl sites for hydroxylation is 1. The van der Waals surface area contributed by atoms with Crippen molar-refractivity contribution < 1.29 is 28.6 Å². The van der Waals surface area contributed by atoms with Crippen LogP contribution in [0.15, 0.2) is 24.3 Å². The third-order valence-corrected chi connectivity index (χ3v) is 5.29. The number of esters is 1. The molecule has 1 aliphatic rings. The molecular formula is C22H31NO6. The Bertz CT molecular complexity index is 724. The zero-order valence-electron chi connectivity index (χ0n) is 17.7. The smallest absolute Gasteiger partial charge is 0.366 e. The van der Waals surface area contributed by atoms with Crippen LogP contribution in [0.2, 0.25) is 0 Å². The average molecular weight is 405 g/mol. The summed E-state index contributed by atoms with van der Waals surface area (Å²) < 4.78 is 15.8. The van der Waals surface area contributed by atoms with Crippen molar-refractivity contribution in [2.45, 2.75) is 58.3 Å². The summed E-state index contributed by atoms with van der Waals surface area (Å²) in [6, 6.07) is 6.82. The first kappa shape index (κ1) is 23.0. The fourth-order valence-electron chi connectivity index (χ4n) is 3.34. The lowest BCUT2D eigenvalue weighted by Crippen LogP contribution is -2.48. The third kappa shape index (κ3) is 6.37. The van der Waals surface area contributed by atoms with Crippen molar-refractivity contribution in [2.75, 3.05) is 20.3 Å². The molecule has 2 rings (SSSR count). The van der Waals surface area contributed by atoms with Crippen molar-refractivity contribution in [3.8, 4) is 0 Å². The highest BCUT2D eigenvalue weighted by Crippen LogP contribution is 2.25. The van der Waals surface area contributed by atoms with E-state index in [4.69, 9.17) is 14.2 Å². The molecule has 1 N–H and O–H groups in total. The van der Waals surface area contributed by atoms with Crippen molar-refractivity contribution in [2.24, 2.45) is 5.92 Å². The second kappa shape index (κ2) is 10.5. The maximum Gasteiger partial charge on any atom is 0.366 e. The predicted octanol–water partition coefficient (Wildman–Crippen LogP) is 2.80. The molecule has 1 heterocycles. The topological polar surface area (TPSA) is 90.9 Å². The summed E-state index contributed by atoms with van der Waals surface area (Å²) in [7, 11) is 1.30. The van der Waals surface area contributed by atoms with Crippen molar-refractivity contribution in [3.05, 3.63) is 35.4 Å². The number of carbonyl (C=O) groups excluding carboxylic acids is 3. The van der Waals surface area contributed by atoms with Crippen LogP contribution in [0.25, 0.3) is 0 Å². The van der Waals surface area contributed by atoms with E-state index in [2.05, 4.69) is 5.32 Å². The summed E-state index contributed by atoms with van der Waals surface area (Å²) in [5, 5.41) is 2.85. The lowest BCUT2D eigenvalue weighted by Gasteiger charge is -2.35. The Hall–Kier alpha value is -2.25. The van der Waals surface area contributed by atoms with Gasteiger partial charge in [-0.15, -0.1) is 0 Å². The Balaban J connectivity index is 1.75. The lowest BCUT2D eigenvalue weighted by molar-refractivity contribution is -0.272. The summed E-state index contributed by atoms with van der Waals surface area (Å²) in [5.74, 6) is -1.95. The molecule has 1 aliphatic heterocycles. The van der Waals surface area contributed by atoms with E-state index in [1.54, 1.807) is 13.0 Å². The summed E-state index contributed by atoms with van der Waals surface area (Å²) in [6.45, 7) is 5.78. The molecule has 7 heteroatoms. The fraction of sp³-hybridized carbons (Fsp3) is 0.591. The minimum Gasteiger partial charge on any atom is -0.465 e. The van der Waals surface area contributed by atoms with Crippen molar-refractivity contribution in [1.29, 1.82) is 0 Å². The van der Waals surface area contributed by atoms with Gasteiger partial charge >= 0.3 is 5.97 Å². The van der Waals surface area contributed by atoms with Gasteiger partial charge in [-0.1, -0.05) is 31.0 Å². The third-order valence-electron chi connectivity index (χ3n) is 5.29. The van der Waals surface area contributed by atoms with Crippen LogP contribution in [0, 0.1) is 12.8 Å². The van der Waals surface area contributed by atoms with Crippen molar-refractivity contribution >= 4 is 17.7 Å². The Morgan fingerprint density at radius 2 is 1.86 bits per heavy atom. The molecule has 0 spiro atoms. The number of Topliss-reactive ketones (excluding diaryl/α,β-unsaturated/α-hetero) is 1. The molecule has 0 saturated carbocycles. The summed E-state index contributed by atoms with van der Waals surface area (Å²) in [5.41, 5.74) is 1.47. The van der Waals surface area contributed by atoms with Crippen LogP contribution in [-0.2, 0) is 23.8 Å². The van der Waals surface area contributed by atoms with Gasteiger partial charge in [0.25, 0.3) is 11.7 Å². The first-order chi connectivity index (χ1) is 13.8. The molecule has 1 fully saturated rings. The molecule has 0 aliphatic carbocycles. The number of ether oxygens (including phenoxy) is 3. The van der Waals surface area contributed by atoms with Gasteiger partial charge in [0.05, 0.1) is 26.4 Å². The number of unbranched alkanes of at least 4 members (excludes halogenated alkanes) is 1. The normalized spacial score (nSPS) is 22.6. The van der Waals surface area contributed by atoms with Crippen molar-refractivity contribution in [1.82, 2.24) is 5.32 Å². The molecule has 29 heavy (non-hydrogen) atoms. The van der Waals surface area contributed by atoms with E-state index in [1.165, 1.54) is 14.0 Å². The number of methoxy groups -OCH3 is 1. The molecule has 0 aromatic heterocycles. The van der Waals surface area contributed by atoms with Gasteiger partial charge in [0.15, 0.2) is 5.78 Å². The van der Waals surface area contributed by atoms with Gasteiger partial charge in [-0.25, -0.2) is 4.79 Å². The first-order valence-electron chi connectivity index (χ1n) is 10.00. The fourth-order valence-corrected chi connectivity index (χ4v) is 3.34. The molecule has 0 radical (unpaired) electrons. The molecule has 160 valence electrons. The van der Waals surface area contributed by atoms with E-state index in [1.807, 2.05) is 25.1 Å². The Morgan fingerprint density at radius 1 is 1.21 bits per heavy atom. The monoisotopic (exact) mass is 405 g/mol. The van der Waals surface area contributed by atoms with Gasteiger partial charge in [-0.2, -0.15) is 0 Å². The van der Waals surface area contributed by atoms with Crippen LogP contribution in [0.4, 0.5) is 0 Å². The zero-order valence-corrected chi connectivity index (χ0v) is 17.7. The molecule has 1 unspecified atom stereocenters. The summed E-state index contributed by atoms with van der Waals surface area (Å²) >= 11 is 0. The number of carbonyl (C=O) groups is 3. The minimum atomic E-state index is -1.33. The van der Waals surface area contributed by atoms with E-state index in [0.29, 0.717) is 25.2 Å². The highest BCUT2D eigenvalue weighted by molar-refractivity contribution is 5.98. The quantitative estimate of drug-likeness (QED) is 0.502. The molecular weight excluding hydrogens is 374 g/mol. The van der Waals surface area contributed by atoms with Gasteiger partial charge in [0.1, 0.15) is 0 Å². The van der Waals surface area contributed by atoms with Crippen LogP contribution >= 0.6 is 0 Å². The van der Waals surface area contributed by atoms with Gasteiger partial charge in [0, 0.05) is 18.4 Å². The standard InChI is InChI=1S/C22H31NO6/c1-15-9-5-7-11-18(15)20(25)23-19(16(2)24)12-8-6-10-17-13-28-22(3,29-14-17)21(26)27-4/h5,7,9,11,17,19H,6,8,10,12-14H2,1-4H3,(H,23,25)/t17-,19?,22+. The van der Waals surface area contributed by atoms with Gasteiger partial charge in [-0.05, 0) is 38.3 Å². The predicted molar refractivity (Wildman–Crippen MR) is 107 cm³/mol. The molecule has 1 aromatic rings. The van der Waals surface area contributed by atoms with Gasteiger partial charge in [0.2, 0.25) is 0 Å². The molecule has 1 aromatic carbocycles. The van der Waals surface area contributed by atoms with Crippen LogP contribution in [0.3, 0.4) is 0 Å². The van der Waals surface area contributed by atoms with E-state index in [0.717, 1.165) is 24.8 Å². The van der Waals surface area contributed by atoms with Crippen LogP contribution in [0.5, 0.6) is 0 Å². The van der Waals surface area contributed by atoms with Crippen LogP contribution in [-0.4, -0.2) is 49.8 Å². The van der Waals surface area contributed by atoms with Crippen molar-refractivity contribution in [3.63, 3.8) is 0 Å². The summed E-state index contributed by atoms with van der Waals surface area (Å²) in [4.78, 5) is 36.1. The number of hydrogen-bond donors (Lipinski definition) is 1. The molecule has 1 saturated heterocycles. The maximum absolute atomic E-state index is 12.5. The molecule has 1 atom stereocenters. The number of amides is 1. The maximum atomic E-state index is 12.5. The van der Waals surface area contributed by atoms with E-state index in [-0.39, 0.29) is 17.6 Å². The van der Waals surface area contributed by atoms with E-state index < -0.39 is 17.8 Å². The second-order valence-electron chi connectivity index (χ2n) is 7.66. The van der Waals surface area contributed by atoms with E-state index in [9.17, 15) is 14.4 Å². The van der Waals surface area contributed by atoms with Crippen LogP contribution < -0.4 is 5.32 Å². The highest BCUT2D eigenvalue weighted by Gasteiger charge is 2.41. The number of nitrogens with one attached hydrogen (secondary N) is 1. The number of rotatable bonds is 9. The lowest BCUT2D eigenvalue weighted by atomic mass is 9.98. The van der Waals surface area contributed by atoms with E-state index >= 15 is 0 Å². The molecule has 0 bridgehead atoms. The molecule has 7 nitrogen and oxygen atoms in total. The highest BCUT2D eigenvalue weighted by atomic mass is 16.7. The average Bonchev–Trinajstić information content (AvgIpc) is 2.71. The Morgan fingerprint density at radius 3 is 2.45 bits per heavy atom. The van der Waals surface area contributed by atoms with Crippen LogP contribution in [0.1, 0.15) is 55.5 Å². The SMILES string of the molecule is COC(=O)[C@]1(C)OC[C@H](CCCCC(NC(=O)c2ccccc2C)C(C)=O)CO1. The molecule has 1 amide bonds. The largest absolute Gasteiger partial charge is 0.465 e. The second-order valence-corrected chi connectivity index (χ2v) is 7.66. The van der Waals surface area contributed by atoms with Gasteiger partial charge in [-0.3, -0.25) is 9.59 Å². The summed E-state index contributed by atoms with van der Waals surface area (Å²) in [6.07, 6.45) is 3.11. The number of hydrogen-bond acceptors (Lipinski definition) is 6. The minimum absolute atomic E-state index is 0.0508. The van der Waals surface area contributed by atoms with Gasteiger partial charge < -0.3 is 19.5 Å². The number of ketones is 1. The Kier molecular flexibility index (Phi) is 8.34. The first-order valence-corrected chi connectivity index (χ1v) is 10.00. The zero-order chi connectivity index (χ0) is 21.4.